The summed E-state index contributed by atoms with van der Waals surface area (Å²) in [6.07, 6.45) is 1.01. The van der Waals surface area contributed by atoms with Crippen molar-refractivity contribution in [3.63, 3.8) is 0 Å². The minimum atomic E-state index is 0.845. The van der Waals surface area contributed by atoms with Crippen LogP contribution in [0.1, 0.15) is 11.4 Å². The summed E-state index contributed by atoms with van der Waals surface area (Å²) in [4.78, 5) is 0. The van der Waals surface area contributed by atoms with E-state index >= 15 is 0 Å². The molecule has 0 saturated heterocycles. The lowest BCUT2D eigenvalue weighted by atomic mass is 10.2. The van der Waals surface area contributed by atoms with E-state index in [9.17, 15) is 0 Å². The van der Waals surface area contributed by atoms with Gasteiger partial charge in [-0.2, -0.15) is 0 Å². The average Bonchev–Trinajstić information content (AvgIpc) is 2.97. The molecule has 0 atom stereocenters. The van der Waals surface area contributed by atoms with Crippen molar-refractivity contribution < 1.29 is 4.74 Å². The summed E-state index contributed by atoms with van der Waals surface area (Å²) in [6, 6.07) is 18.4. The third-order valence-electron chi connectivity index (χ3n) is 3.59. The second-order valence-electron chi connectivity index (χ2n) is 5.15. The van der Waals surface area contributed by atoms with Gasteiger partial charge in [-0.05, 0) is 43.2 Å². The van der Waals surface area contributed by atoms with Crippen molar-refractivity contribution in [2.45, 2.75) is 18.5 Å². The van der Waals surface area contributed by atoms with Gasteiger partial charge < -0.3 is 4.74 Å². The van der Waals surface area contributed by atoms with E-state index in [2.05, 4.69) is 39.0 Å². The fourth-order valence-corrected chi connectivity index (χ4v) is 3.36. The zero-order valence-electron chi connectivity index (χ0n) is 13.3. The number of ether oxygens (including phenoxy) is 1. The van der Waals surface area contributed by atoms with Crippen molar-refractivity contribution >= 4 is 11.8 Å². The fraction of sp³-hybridized carbons (Fsp3) is 0.222. The Labute approximate surface area is 140 Å². The van der Waals surface area contributed by atoms with E-state index in [4.69, 9.17) is 4.74 Å². The molecule has 0 aliphatic heterocycles. The summed E-state index contributed by atoms with van der Waals surface area (Å²) < 4.78 is 7.29. The van der Waals surface area contributed by atoms with Gasteiger partial charge in [0.05, 0.1) is 7.11 Å². The average molecular weight is 325 g/mol. The molecule has 0 amide bonds. The number of methoxy groups -OCH3 is 1. The molecule has 2 aromatic carbocycles. The maximum Gasteiger partial charge on any atom is 0.195 e. The molecule has 23 heavy (non-hydrogen) atoms. The minimum Gasteiger partial charge on any atom is -0.497 e. The van der Waals surface area contributed by atoms with Gasteiger partial charge in [-0.25, -0.2) is 0 Å². The molecular formula is C18H19N3OS. The van der Waals surface area contributed by atoms with Gasteiger partial charge in [0.2, 0.25) is 0 Å². The van der Waals surface area contributed by atoms with E-state index in [1.54, 1.807) is 18.9 Å². The second-order valence-corrected chi connectivity index (χ2v) is 6.21. The van der Waals surface area contributed by atoms with Crippen LogP contribution in [0.4, 0.5) is 0 Å². The predicted octanol–water partition coefficient (Wildman–Crippen LogP) is 3.92. The van der Waals surface area contributed by atoms with Crippen LogP contribution in [0.5, 0.6) is 5.75 Å². The SMILES string of the molecule is COc1ccc(-n2c(C)nnc2SCCc2ccccc2)cc1. The molecular weight excluding hydrogens is 306 g/mol. The first-order valence-corrected chi connectivity index (χ1v) is 8.49. The van der Waals surface area contributed by atoms with Gasteiger partial charge in [0.1, 0.15) is 11.6 Å². The Morgan fingerprint density at radius 1 is 1.00 bits per heavy atom. The van der Waals surface area contributed by atoms with E-state index in [-0.39, 0.29) is 0 Å². The van der Waals surface area contributed by atoms with Crippen molar-refractivity contribution in [1.82, 2.24) is 14.8 Å². The topological polar surface area (TPSA) is 39.9 Å². The van der Waals surface area contributed by atoms with Crippen molar-refractivity contribution in [3.05, 3.63) is 66.0 Å². The molecule has 3 aromatic rings. The Morgan fingerprint density at radius 3 is 2.43 bits per heavy atom. The number of nitrogens with zero attached hydrogens (tertiary/aromatic N) is 3. The van der Waals surface area contributed by atoms with Crippen LogP contribution in [-0.2, 0) is 6.42 Å². The van der Waals surface area contributed by atoms with E-state index in [0.717, 1.165) is 34.6 Å². The lowest BCUT2D eigenvalue weighted by molar-refractivity contribution is 0.414. The van der Waals surface area contributed by atoms with Crippen LogP contribution in [0.25, 0.3) is 5.69 Å². The number of aryl methyl sites for hydroxylation is 2. The highest BCUT2D eigenvalue weighted by Gasteiger charge is 2.11. The van der Waals surface area contributed by atoms with E-state index in [0.29, 0.717) is 0 Å². The van der Waals surface area contributed by atoms with Gasteiger partial charge in [-0.1, -0.05) is 42.1 Å². The Morgan fingerprint density at radius 2 is 1.74 bits per heavy atom. The number of hydrogen-bond donors (Lipinski definition) is 0. The molecule has 0 N–H and O–H groups in total. The molecule has 0 aliphatic carbocycles. The highest BCUT2D eigenvalue weighted by molar-refractivity contribution is 7.99. The Bertz CT molecular complexity index is 754. The summed E-state index contributed by atoms with van der Waals surface area (Å²) in [6.45, 7) is 1.97. The molecule has 0 spiro atoms. The van der Waals surface area contributed by atoms with Crippen LogP contribution in [0, 0.1) is 6.92 Å². The van der Waals surface area contributed by atoms with Crippen LogP contribution in [0.15, 0.2) is 59.8 Å². The van der Waals surface area contributed by atoms with Crippen LogP contribution in [0.3, 0.4) is 0 Å². The largest absolute Gasteiger partial charge is 0.497 e. The zero-order chi connectivity index (χ0) is 16.1. The summed E-state index contributed by atoms with van der Waals surface area (Å²) >= 11 is 1.73. The standard InChI is InChI=1S/C18H19N3OS/c1-14-19-20-18(23-13-12-15-6-4-3-5-7-15)21(14)16-8-10-17(22-2)11-9-16/h3-11H,12-13H2,1-2H3. The van der Waals surface area contributed by atoms with Gasteiger partial charge in [0.25, 0.3) is 0 Å². The summed E-state index contributed by atoms with van der Waals surface area (Å²) in [5.41, 5.74) is 2.39. The van der Waals surface area contributed by atoms with Gasteiger partial charge in [-0.15, -0.1) is 10.2 Å². The number of thioether (sulfide) groups is 1. The molecule has 0 bridgehead atoms. The maximum absolute atomic E-state index is 5.22. The molecule has 0 aliphatic rings. The first kappa shape index (κ1) is 15.6. The van der Waals surface area contributed by atoms with Gasteiger partial charge in [0, 0.05) is 11.4 Å². The summed E-state index contributed by atoms with van der Waals surface area (Å²) in [5.74, 6) is 2.70. The smallest absolute Gasteiger partial charge is 0.195 e. The van der Waals surface area contributed by atoms with Crippen LogP contribution in [-0.4, -0.2) is 27.6 Å². The zero-order valence-corrected chi connectivity index (χ0v) is 14.1. The molecule has 0 fully saturated rings. The van der Waals surface area contributed by atoms with Crippen molar-refractivity contribution in [3.8, 4) is 11.4 Å². The second kappa shape index (κ2) is 7.33. The normalized spacial score (nSPS) is 10.7. The monoisotopic (exact) mass is 325 g/mol. The van der Waals surface area contributed by atoms with Crippen molar-refractivity contribution in [1.29, 1.82) is 0 Å². The molecule has 0 radical (unpaired) electrons. The summed E-state index contributed by atoms with van der Waals surface area (Å²) in [7, 11) is 1.67. The van der Waals surface area contributed by atoms with Gasteiger partial charge in [0.15, 0.2) is 5.16 Å². The summed E-state index contributed by atoms with van der Waals surface area (Å²) in [5, 5.41) is 9.45. The number of aromatic nitrogens is 3. The van der Waals surface area contributed by atoms with Crippen molar-refractivity contribution in [2.75, 3.05) is 12.9 Å². The van der Waals surface area contributed by atoms with Gasteiger partial charge >= 0.3 is 0 Å². The predicted molar refractivity (Wildman–Crippen MR) is 93.5 cm³/mol. The fourth-order valence-electron chi connectivity index (χ4n) is 2.37. The molecule has 3 rings (SSSR count). The van der Waals surface area contributed by atoms with E-state index in [1.807, 2.05) is 37.3 Å². The molecule has 118 valence electrons. The quantitative estimate of drug-likeness (QED) is 0.644. The van der Waals surface area contributed by atoms with Crippen LogP contribution < -0.4 is 4.74 Å². The molecule has 1 aromatic heterocycles. The molecule has 0 saturated carbocycles. The third-order valence-corrected chi connectivity index (χ3v) is 4.52. The minimum absolute atomic E-state index is 0.845. The molecule has 5 heteroatoms. The Hall–Kier alpha value is -2.27. The van der Waals surface area contributed by atoms with E-state index in [1.165, 1.54) is 5.56 Å². The third kappa shape index (κ3) is 3.74. The highest BCUT2D eigenvalue weighted by atomic mass is 32.2. The maximum atomic E-state index is 5.22. The highest BCUT2D eigenvalue weighted by Crippen LogP contribution is 2.24. The van der Waals surface area contributed by atoms with Gasteiger partial charge in [-0.3, -0.25) is 4.57 Å². The Kier molecular flexibility index (Phi) is 4.98. The first-order chi connectivity index (χ1) is 11.3. The number of rotatable bonds is 6. The first-order valence-electron chi connectivity index (χ1n) is 7.51. The van der Waals surface area contributed by atoms with Crippen LogP contribution >= 0.6 is 11.8 Å². The number of hydrogen-bond acceptors (Lipinski definition) is 4. The molecule has 0 unspecified atom stereocenters. The molecule has 4 nitrogen and oxygen atoms in total. The molecule has 1 heterocycles. The lowest BCUT2D eigenvalue weighted by Gasteiger charge is -2.09. The van der Waals surface area contributed by atoms with Crippen LogP contribution in [0.2, 0.25) is 0 Å². The van der Waals surface area contributed by atoms with Crippen molar-refractivity contribution in [2.24, 2.45) is 0 Å². The van der Waals surface area contributed by atoms with E-state index < -0.39 is 0 Å². The lowest BCUT2D eigenvalue weighted by Crippen LogP contribution is -2.00. The number of benzene rings is 2. The Balaban J connectivity index is 1.73.